The molecule has 8 nitrogen and oxygen atoms in total. The number of nitrogens with one attached hydrogen (secondary N) is 4. The monoisotopic (exact) mass is 465 g/mol. The standard InChI is InChI=1S/C20H21ClFN5O3S/c21-13-7-3-1-5-11(13)9-24-15(28)10-31-20-26-17(23)16(19(30)27-20)25-18(29)12-6-2-4-8-14(12)22/h1-8,16-17,20,26H,9-10,23H2,(H,24,28)(H,25,29)(H,27,30). The van der Waals surface area contributed by atoms with Crippen molar-refractivity contribution in [3.8, 4) is 0 Å². The zero-order valence-electron chi connectivity index (χ0n) is 16.2. The molecule has 2 aromatic carbocycles. The Morgan fingerprint density at radius 2 is 1.87 bits per heavy atom. The Hall–Kier alpha value is -2.66. The number of carbonyl (C=O) groups is 3. The third-order valence-corrected chi connectivity index (χ3v) is 5.86. The van der Waals surface area contributed by atoms with Crippen LogP contribution in [0, 0.1) is 5.82 Å². The van der Waals surface area contributed by atoms with Crippen molar-refractivity contribution in [1.82, 2.24) is 21.3 Å². The Morgan fingerprint density at radius 3 is 2.58 bits per heavy atom. The Labute approximate surface area is 187 Å². The molecule has 0 saturated carbocycles. The molecular weight excluding hydrogens is 445 g/mol. The summed E-state index contributed by atoms with van der Waals surface area (Å²) in [4.78, 5) is 36.7. The van der Waals surface area contributed by atoms with Gasteiger partial charge >= 0.3 is 0 Å². The van der Waals surface area contributed by atoms with E-state index in [9.17, 15) is 18.8 Å². The van der Waals surface area contributed by atoms with Gasteiger partial charge in [-0.1, -0.05) is 41.9 Å². The van der Waals surface area contributed by atoms with Gasteiger partial charge < -0.3 is 21.7 Å². The molecule has 11 heteroatoms. The van der Waals surface area contributed by atoms with Crippen LogP contribution >= 0.6 is 23.4 Å². The van der Waals surface area contributed by atoms with Crippen LogP contribution in [0.3, 0.4) is 0 Å². The summed E-state index contributed by atoms with van der Waals surface area (Å²) >= 11 is 7.19. The van der Waals surface area contributed by atoms with Crippen molar-refractivity contribution in [3.63, 3.8) is 0 Å². The van der Waals surface area contributed by atoms with Crippen molar-refractivity contribution in [2.45, 2.75) is 24.3 Å². The molecule has 1 aliphatic rings. The number of amides is 3. The number of halogens is 2. The van der Waals surface area contributed by atoms with E-state index in [1.165, 1.54) is 18.2 Å². The number of carbonyl (C=O) groups excluding carboxylic acids is 3. The van der Waals surface area contributed by atoms with Crippen molar-refractivity contribution in [1.29, 1.82) is 0 Å². The molecule has 3 atom stereocenters. The summed E-state index contributed by atoms with van der Waals surface area (Å²) in [6.45, 7) is 0.285. The molecule has 0 bridgehead atoms. The second-order valence-corrected chi connectivity index (χ2v) is 8.19. The van der Waals surface area contributed by atoms with Crippen LogP contribution in [0.4, 0.5) is 4.39 Å². The topological polar surface area (TPSA) is 125 Å². The molecule has 3 unspecified atom stereocenters. The summed E-state index contributed by atoms with van der Waals surface area (Å²) in [5.41, 5.74) is 5.95. The van der Waals surface area contributed by atoms with Crippen LogP contribution in [-0.2, 0) is 16.1 Å². The van der Waals surface area contributed by atoms with Gasteiger partial charge in [-0.3, -0.25) is 19.7 Å². The first-order valence-electron chi connectivity index (χ1n) is 9.34. The van der Waals surface area contributed by atoms with E-state index in [4.69, 9.17) is 17.3 Å². The summed E-state index contributed by atoms with van der Waals surface area (Å²) < 4.78 is 13.8. The van der Waals surface area contributed by atoms with Crippen LogP contribution in [0.25, 0.3) is 0 Å². The van der Waals surface area contributed by atoms with Gasteiger partial charge in [0, 0.05) is 11.6 Å². The van der Waals surface area contributed by atoms with Crippen LogP contribution < -0.4 is 27.0 Å². The molecule has 0 radical (unpaired) electrons. The van der Waals surface area contributed by atoms with Crippen LogP contribution in [0.1, 0.15) is 15.9 Å². The zero-order chi connectivity index (χ0) is 22.4. The van der Waals surface area contributed by atoms with E-state index in [0.717, 1.165) is 23.4 Å². The second kappa shape index (κ2) is 10.6. The molecule has 2 aromatic rings. The van der Waals surface area contributed by atoms with Crippen LogP contribution in [0.15, 0.2) is 48.5 Å². The molecule has 1 heterocycles. The van der Waals surface area contributed by atoms with E-state index in [-0.39, 0.29) is 23.8 Å². The Kier molecular flexibility index (Phi) is 7.85. The van der Waals surface area contributed by atoms with Crippen molar-refractivity contribution >= 4 is 41.1 Å². The van der Waals surface area contributed by atoms with Gasteiger partial charge in [0.25, 0.3) is 5.91 Å². The van der Waals surface area contributed by atoms with Gasteiger partial charge in [-0.2, -0.15) is 0 Å². The molecule has 3 rings (SSSR count). The Morgan fingerprint density at radius 1 is 1.16 bits per heavy atom. The fourth-order valence-corrected chi connectivity index (χ4v) is 3.93. The lowest BCUT2D eigenvalue weighted by atomic mass is 10.1. The fraction of sp³-hybridized carbons (Fsp3) is 0.250. The van der Waals surface area contributed by atoms with E-state index in [1.54, 1.807) is 12.1 Å². The van der Waals surface area contributed by atoms with Crippen LogP contribution in [-0.4, -0.2) is 41.2 Å². The number of thioether (sulfide) groups is 1. The van der Waals surface area contributed by atoms with Gasteiger partial charge in [-0.15, -0.1) is 11.8 Å². The first-order valence-corrected chi connectivity index (χ1v) is 10.8. The molecule has 1 fully saturated rings. The molecule has 164 valence electrons. The van der Waals surface area contributed by atoms with Crippen molar-refractivity contribution < 1.29 is 18.8 Å². The van der Waals surface area contributed by atoms with E-state index >= 15 is 0 Å². The Balaban J connectivity index is 1.47. The minimum absolute atomic E-state index is 0.0569. The lowest BCUT2D eigenvalue weighted by Crippen LogP contribution is -2.70. The van der Waals surface area contributed by atoms with Gasteiger partial charge in [-0.25, -0.2) is 4.39 Å². The molecule has 1 saturated heterocycles. The van der Waals surface area contributed by atoms with Gasteiger partial charge in [-0.05, 0) is 23.8 Å². The van der Waals surface area contributed by atoms with Gasteiger partial charge in [0.05, 0.1) is 17.5 Å². The number of nitrogens with two attached hydrogens (primary N) is 1. The van der Waals surface area contributed by atoms with Crippen molar-refractivity contribution in [2.24, 2.45) is 5.73 Å². The quantitative estimate of drug-likeness (QED) is 0.414. The first-order chi connectivity index (χ1) is 14.8. The lowest BCUT2D eigenvalue weighted by Gasteiger charge is -2.35. The normalized spacial score (nSPS) is 20.6. The maximum atomic E-state index is 13.8. The number of hydrogen-bond donors (Lipinski definition) is 5. The highest BCUT2D eigenvalue weighted by Gasteiger charge is 2.35. The minimum Gasteiger partial charge on any atom is -0.351 e. The largest absolute Gasteiger partial charge is 0.351 e. The van der Waals surface area contributed by atoms with Gasteiger partial charge in [0.2, 0.25) is 11.8 Å². The minimum atomic E-state index is -1.10. The summed E-state index contributed by atoms with van der Waals surface area (Å²) in [7, 11) is 0. The zero-order valence-corrected chi connectivity index (χ0v) is 17.8. The summed E-state index contributed by atoms with van der Waals surface area (Å²) in [5, 5.41) is 11.3. The van der Waals surface area contributed by atoms with Crippen LogP contribution in [0.2, 0.25) is 5.02 Å². The molecule has 3 amide bonds. The fourth-order valence-electron chi connectivity index (χ4n) is 2.85. The molecular formula is C20H21ClFN5O3S. The smallest absolute Gasteiger partial charge is 0.254 e. The SMILES string of the molecule is NC1NC(SCC(=O)NCc2ccccc2Cl)NC(=O)C1NC(=O)c1ccccc1F. The summed E-state index contributed by atoms with van der Waals surface area (Å²) in [5.74, 6) is -2.18. The average molecular weight is 466 g/mol. The maximum Gasteiger partial charge on any atom is 0.254 e. The molecule has 6 N–H and O–H groups in total. The predicted molar refractivity (Wildman–Crippen MR) is 116 cm³/mol. The van der Waals surface area contributed by atoms with E-state index < -0.39 is 35.3 Å². The van der Waals surface area contributed by atoms with E-state index in [0.29, 0.717) is 5.02 Å². The summed E-state index contributed by atoms with van der Waals surface area (Å²) in [6, 6.07) is 11.5. The highest BCUT2D eigenvalue weighted by Crippen LogP contribution is 2.15. The molecule has 0 aliphatic carbocycles. The third-order valence-electron chi connectivity index (χ3n) is 4.48. The first kappa shape index (κ1) is 23.0. The number of hydrogen-bond acceptors (Lipinski definition) is 6. The third kappa shape index (κ3) is 6.17. The second-order valence-electron chi connectivity index (χ2n) is 6.69. The summed E-state index contributed by atoms with van der Waals surface area (Å²) in [6.07, 6.45) is -0.923. The van der Waals surface area contributed by atoms with Crippen LogP contribution in [0.5, 0.6) is 0 Å². The van der Waals surface area contributed by atoms with E-state index in [1.807, 2.05) is 12.1 Å². The average Bonchev–Trinajstić information content (AvgIpc) is 2.74. The van der Waals surface area contributed by atoms with Crippen molar-refractivity contribution in [2.75, 3.05) is 5.75 Å². The van der Waals surface area contributed by atoms with E-state index in [2.05, 4.69) is 21.3 Å². The molecule has 0 spiro atoms. The Bertz CT molecular complexity index is 979. The van der Waals surface area contributed by atoms with Gasteiger partial charge in [0.1, 0.15) is 17.4 Å². The highest BCUT2D eigenvalue weighted by molar-refractivity contribution is 8.00. The lowest BCUT2D eigenvalue weighted by molar-refractivity contribution is -0.126. The molecule has 1 aliphatic heterocycles. The van der Waals surface area contributed by atoms with Gasteiger partial charge in [0.15, 0.2) is 0 Å². The highest BCUT2D eigenvalue weighted by atomic mass is 35.5. The number of rotatable bonds is 7. The van der Waals surface area contributed by atoms with Crippen molar-refractivity contribution in [3.05, 3.63) is 70.5 Å². The molecule has 31 heavy (non-hydrogen) atoms. The maximum absolute atomic E-state index is 13.8. The molecule has 0 aromatic heterocycles. The number of benzene rings is 2. The predicted octanol–water partition coefficient (Wildman–Crippen LogP) is 0.915.